The maximum Gasteiger partial charge on any atom is 0.192 e. The first kappa shape index (κ1) is 25.0. The number of hydrogen-bond donors (Lipinski definition) is 0. The Bertz CT molecular complexity index is 1050. The smallest absolute Gasteiger partial charge is 0.192 e. The normalized spacial score (nSPS) is 28.5. The van der Waals surface area contributed by atoms with E-state index >= 15 is 0 Å². The molecule has 0 aromatic carbocycles. The summed E-state index contributed by atoms with van der Waals surface area (Å²) in [4.78, 5) is 4.14. The van der Waals surface area contributed by atoms with Gasteiger partial charge < -0.3 is 18.5 Å². The fourth-order valence-corrected chi connectivity index (χ4v) is 5.43. The van der Waals surface area contributed by atoms with Crippen molar-refractivity contribution in [3.63, 3.8) is 0 Å². The minimum absolute atomic E-state index is 0.0766. The zero-order valence-electron chi connectivity index (χ0n) is 20.7. The van der Waals surface area contributed by atoms with E-state index in [4.69, 9.17) is 20.3 Å². The minimum Gasteiger partial charge on any atom is -0.414 e. The summed E-state index contributed by atoms with van der Waals surface area (Å²) in [5.41, 5.74) is 0.209. The quantitative estimate of drug-likeness (QED) is 0.387. The highest BCUT2D eigenvalue weighted by Crippen LogP contribution is 2.48. The lowest BCUT2D eigenvalue weighted by atomic mass is 9.54. The van der Waals surface area contributed by atoms with Gasteiger partial charge in [-0.25, -0.2) is 4.39 Å². The molecule has 0 spiro atoms. The molecular weight excluding hydrogens is 422 g/mol. The Kier molecular flexibility index (Phi) is 6.71. The molecule has 0 aliphatic carbocycles. The second kappa shape index (κ2) is 8.60. The van der Waals surface area contributed by atoms with E-state index in [0.29, 0.717) is 22.9 Å². The summed E-state index contributed by atoms with van der Waals surface area (Å²) >= 11 is 0. The second-order valence-corrected chi connectivity index (χ2v) is 15.9. The van der Waals surface area contributed by atoms with Crippen LogP contribution < -0.4 is 10.6 Å². The molecule has 32 heavy (non-hydrogen) atoms. The topological polar surface area (TPSA) is 45.0 Å². The average molecular weight is 458 g/mol. The molecule has 1 aromatic heterocycles. The Labute approximate surface area is 193 Å². The summed E-state index contributed by atoms with van der Waals surface area (Å²) in [7, 11) is -1.14. The molecule has 2 aliphatic rings. The van der Waals surface area contributed by atoms with E-state index in [0.717, 1.165) is 7.28 Å². The van der Waals surface area contributed by atoms with Crippen LogP contribution in [0.2, 0.25) is 23.9 Å². The Hall–Kier alpha value is -1.66. The molecule has 4 atom stereocenters. The van der Waals surface area contributed by atoms with Crippen LogP contribution in [0, 0.1) is 18.2 Å². The van der Waals surface area contributed by atoms with Crippen molar-refractivity contribution in [2.75, 3.05) is 6.61 Å². The van der Waals surface area contributed by atoms with Crippen molar-refractivity contribution in [1.82, 2.24) is 4.57 Å². The highest BCUT2D eigenvalue weighted by Gasteiger charge is 2.55. The molecule has 3 heterocycles. The van der Waals surface area contributed by atoms with Crippen molar-refractivity contribution in [3.8, 4) is 12.3 Å². The third-order valence-corrected chi connectivity index (χ3v) is 11.6. The molecule has 0 saturated carbocycles. The van der Waals surface area contributed by atoms with Gasteiger partial charge in [-0.05, 0) is 38.9 Å². The summed E-state index contributed by atoms with van der Waals surface area (Å²) in [5.74, 6) is 2.03. The molecule has 1 aromatic rings. The molecule has 0 N–H and O–H groups in total. The minimum atomic E-state index is -1.95. The van der Waals surface area contributed by atoms with Gasteiger partial charge in [0.2, 0.25) is 0 Å². The largest absolute Gasteiger partial charge is 0.414 e. The molecule has 0 bridgehead atoms. The zero-order valence-corrected chi connectivity index (χ0v) is 21.7. The number of halogens is 1. The molecule has 8 heteroatoms. The highest BCUT2D eigenvalue weighted by molar-refractivity contribution is 6.74. The van der Waals surface area contributed by atoms with E-state index in [2.05, 4.69) is 65.2 Å². The lowest BCUT2D eigenvalue weighted by Crippen LogP contribution is -2.44. The Balaban J connectivity index is 1.95. The first-order valence-electron chi connectivity index (χ1n) is 11.2. The lowest BCUT2D eigenvalue weighted by Gasteiger charge is -2.37. The fraction of sp³-hybridized carbons (Fsp3) is 0.625. The number of nitrogens with zero attached hydrogens (tertiary/aromatic N) is 2. The first-order chi connectivity index (χ1) is 14.7. The summed E-state index contributed by atoms with van der Waals surface area (Å²) in [6, 6.07) is 0. The maximum absolute atomic E-state index is 14.9. The van der Waals surface area contributed by atoms with Crippen LogP contribution in [0.4, 0.5) is 4.39 Å². The van der Waals surface area contributed by atoms with Gasteiger partial charge in [-0.3, -0.25) is 4.99 Å². The van der Waals surface area contributed by atoms with Crippen LogP contribution in [-0.2, 0) is 13.9 Å². The van der Waals surface area contributed by atoms with Gasteiger partial charge in [0.25, 0.3) is 0 Å². The highest BCUT2D eigenvalue weighted by atomic mass is 28.4. The number of hydrogen-bond acceptors (Lipinski definition) is 4. The Morgan fingerprint density at radius 2 is 2.12 bits per heavy atom. The van der Waals surface area contributed by atoms with Crippen LogP contribution in [0.5, 0.6) is 0 Å². The fourth-order valence-electron chi connectivity index (χ4n) is 4.41. The van der Waals surface area contributed by atoms with Crippen molar-refractivity contribution < 1.29 is 18.3 Å². The average Bonchev–Trinajstić information content (AvgIpc) is 3.25. The molecule has 0 radical (unpaired) electrons. The third-order valence-electron chi connectivity index (χ3n) is 7.13. The number of terminal acetylenes is 1. The number of aromatic nitrogens is 1. The second-order valence-electron chi connectivity index (χ2n) is 11.1. The van der Waals surface area contributed by atoms with E-state index in [1.54, 1.807) is 11.5 Å². The molecular formula is C24H36BFN2O3Si. The molecule has 2 saturated heterocycles. The standard InChI is InChI=1S/C24H36BFN2O3Si/c1-11-12-27-15(2)19-16(3)28(13-17(19)26)22-20-21(31-24(7,8)25-20)18(30-22)14-29-32(9,10)23(4,5)6/h1,12-13,18,20-22,25H,3,14H2,2,4-10H3/b19-15+,27-12-/t18-,20-,21-,22-/m1/s1. The number of rotatable bonds is 5. The Morgan fingerprint density at radius 1 is 1.47 bits per heavy atom. The van der Waals surface area contributed by atoms with E-state index in [1.807, 2.05) is 0 Å². The van der Waals surface area contributed by atoms with Crippen LogP contribution >= 0.6 is 0 Å². The Morgan fingerprint density at radius 3 is 2.72 bits per heavy atom. The monoisotopic (exact) mass is 458 g/mol. The molecule has 0 unspecified atom stereocenters. The van der Waals surface area contributed by atoms with Gasteiger partial charge >= 0.3 is 0 Å². The third kappa shape index (κ3) is 4.67. The van der Waals surface area contributed by atoms with E-state index < -0.39 is 8.32 Å². The van der Waals surface area contributed by atoms with Gasteiger partial charge in [0, 0.05) is 22.9 Å². The summed E-state index contributed by atoms with van der Waals surface area (Å²) in [6.45, 7) is 21.6. The van der Waals surface area contributed by atoms with Crippen molar-refractivity contribution in [3.05, 3.63) is 22.6 Å². The van der Waals surface area contributed by atoms with Crippen molar-refractivity contribution >= 4 is 34.1 Å². The summed E-state index contributed by atoms with van der Waals surface area (Å²) < 4.78 is 36.0. The van der Waals surface area contributed by atoms with Gasteiger partial charge in [-0.1, -0.05) is 33.3 Å². The zero-order chi connectivity index (χ0) is 24.1. The van der Waals surface area contributed by atoms with Crippen LogP contribution in [0.1, 0.15) is 47.8 Å². The van der Waals surface area contributed by atoms with Crippen LogP contribution in [0.3, 0.4) is 0 Å². The number of aliphatic imine (C=N–C) groups is 1. The maximum atomic E-state index is 14.9. The summed E-state index contributed by atoms with van der Waals surface area (Å²) in [6.07, 6.45) is 7.30. The van der Waals surface area contributed by atoms with Gasteiger partial charge in [0.15, 0.2) is 21.4 Å². The molecule has 174 valence electrons. The van der Waals surface area contributed by atoms with E-state index in [1.165, 1.54) is 12.4 Å². The van der Waals surface area contributed by atoms with Gasteiger partial charge in [-0.2, -0.15) is 0 Å². The molecule has 3 rings (SSSR count). The predicted octanol–water partition coefficient (Wildman–Crippen LogP) is 3.15. The first-order valence-corrected chi connectivity index (χ1v) is 14.1. The van der Waals surface area contributed by atoms with E-state index in [-0.39, 0.29) is 40.6 Å². The molecule has 5 nitrogen and oxygen atoms in total. The van der Waals surface area contributed by atoms with E-state index in [9.17, 15) is 4.39 Å². The number of fused-ring (bicyclic) bond motifs is 1. The molecule has 2 fully saturated rings. The van der Waals surface area contributed by atoms with Crippen LogP contribution in [-0.4, -0.2) is 50.7 Å². The predicted molar refractivity (Wildman–Crippen MR) is 132 cm³/mol. The molecule has 0 amide bonds. The van der Waals surface area contributed by atoms with Gasteiger partial charge in [-0.15, -0.1) is 6.42 Å². The SMILES string of the molecule is C#C/C=N\C(C)=c1\c(F)cn([C@@H]2O[C@H](CO[Si](C)(C)C(C)(C)C)[C@H]3OC(C)(C)B[C@H]32)c1=C. The van der Waals surface area contributed by atoms with Crippen LogP contribution in [0.15, 0.2) is 11.2 Å². The van der Waals surface area contributed by atoms with Crippen LogP contribution in [0.25, 0.3) is 12.3 Å². The van der Waals surface area contributed by atoms with Gasteiger partial charge in [0.1, 0.15) is 12.3 Å². The summed E-state index contributed by atoms with van der Waals surface area (Å²) in [5, 5.41) is 0.982. The lowest BCUT2D eigenvalue weighted by molar-refractivity contribution is -0.0811. The van der Waals surface area contributed by atoms with Crippen molar-refractivity contribution in [2.45, 2.75) is 89.4 Å². The molecule has 2 aliphatic heterocycles. The van der Waals surface area contributed by atoms with Crippen molar-refractivity contribution in [1.29, 1.82) is 0 Å². The number of ether oxygens (including phenoxy) is 2. The van der Waals surface area contributed by atoms with Crippen molar-refractivity contribution in [2.24, 2.45) is 4.99 Å². The van der Waals surface area contributed by atoms with Gasteiger partial charge in [0.05, 0.1) is 29.8 Å².